The van der Waals surface area contributed by atoms with Gasteiger partial charge >= 0.3 is 17.9 Å². The Labute approximate surface area is 132 Å². The predicted octanol–water partition coefficient (Wildman–Crippen LogP) is 0.0112. The first-order valence-electron chi connectivity index (χ1n) is 6.19. The monoisotopic (exact) mass is 345 g/mol. The van der Waals surface area contributed by atoms with Crippen LogP contribution in [0.4, 0.5) is 0 Å². The smallest absolute Gasteiger partial charge is 0.337 e. The van der Waals surface area contributed by atoms with Gasteiger partial charge in [-0.15, -0.1) is 0 Å². The number of carbonyl (C=O) groups excluding carboxylic acids is 2. The third-order valence-corrected chi connectivity index (χ3v) is 4.28. The summed E-state index contributed by atoms with van der Waals surface area (Å²) in [4.78, 5) is 33.5. The number of methoxy groups -OCH3 is 2. The molecule has 0 aliphatic heterocycles. The van der Waals surface area contributed by atoms with Crippen LogP contribution < -0.4 is 4.72 Å². The molecule has 23 heavy (non-hydrogen) atoms. The van der Waals surface area contributed by atoms with Crippen LogP contribution in [0.25, 0.3) is 0 Å². The molecule has 0 amide bonds. The van der Waals surface area contributed by atoms with Crippen molar-refractivity contribution in [3.8, 4) is 0 Å². The molecule has 0 aromatic heterocycles. The number of carbonyl (C=O) groups is 3. The molecule has 0 bridgehead atoms. The average molecular weight is 345 g/mol. The molecule has 0 saturated heterocycles. The van der Waals surface area contributed by atoms with E-state index in [9.17, 15) is 22.8 Å². The molecule has 10 heteroatoms. The molecule has 0 radical (unpaired) electrons. The van der Waals surface area contributed by atoms with E-state index in [1.54, 1.807) is 0 Å². The minimum absolute atomic E-state index is 0.196. The van der Waals surface area contributed by atoms with Crippen molar-refractivity contribution in [3.63, 3.8) is 0 Å². The normalized spacial score (nSPS) is 12.3. The van der Waals surface area contributed by atoms with Crippen molar-refractivity contribution in [2.45, 2.75) is 17.9 Å². The van der Waals surface area contributed by atoms with Gasteiger partial charge in [0.2, 0.25) is 10.0 Å². The van der Waals surface area contributed by atoms with E-state index in [0.717, 1.165) is 39.3 Å². The lowest BCUT2D eigenvalue weighted by atomic mass is 10.1. The van der Waals surface area contributed by atoms with Crippen LogP contribution in [0.3, 0.4) is 0 Å². The molecule has 0 spiro atoms. The van der Waals surface area contributed by atoms with Crippen molar-refractivity contribution in [2.75, 3.05) is 14.2 Å². The lowest BCUT2D eigenvalue weighted by molar-refractivity contribution is -0.138. The molecule has 1 rings (SSSR count). The number of hydrogen-bond acceptors (Lipinski definition) is 7. The zero-order chi connectivity index (χ0) is 17.8. The highest BCUT2D eigenvalue weighted by molar-refractivity contribution is 7.89. The molecule has 0 aliphatic rings. The van der Waals surface area contributed by atoms with E-state index in [4.69, 9.17) is 5.11 Å². The maximum Gasteiger partial charge on any atom is 0.337 e. The summed E-state index contributed by atoms with van der Waals surface area (Å²) in [6, 6.07) is 1.64. The van der Waals surface area contributed by atoms with E-state index >= 15 is 0 Å². The summed E-state index contributed by atoms with van der Waals surface area (Å²) >= 11 is 0. The lowest BCUT2D eigenvalue weighted by Gasteiger charge is -2.12. The van der Waals surface area contributed by atoms with Gasteiger partial charge in [0.05, 0.1) is 30.2 Å². The lowest BCUT2D eigenvalue weighted by Crippen LogP contribution is -2.38. The topological polar surface area (TPSA) is 136 Å². The van der Waals surface area contributed by atoms with E-state index in [0.29, 0.717) is 0 Å². The van der Waals surface area contributed by atoms with Crippen LogP contribution in [0.2, 0.25) is 0 Å². The van der Waals surface area contributed by atoms with Gasteiger partial charge in [-0.1, -0.05) is 0 Å². The van der Waals surface area contributed by atoms with Crippen LogP contribution >= 0.6 is 0 Å². The molecule has 126 valence electrons. The van der Waals surface area contributed by atoms with Crippen molar-refractivity contribution in [1.29, 1.82) is 0 Å². The van der Waals surface area contributed by atoms with Crippen molar-refractivity contribution in [1.82, 2.24) is 4.72 Å². The fourth-order valence-electron chi connectivity index (χ4n) is 1.58. The van der Waals surface area contributed by atoms with Crippen LogP contribution in [-0.4, -0.2) is 51.7 Å². The van der Waals surface area contributed by atoms with Crippen LogP contribution in [0.5, 0.6) is 0 Å². The molecule has 1 atom stereocenters. The molecule has 1 aromatic rings. The first-order chi connectivity index (χ1) is 10.6. The first kappa shape index (κ1) is 18.6. The minimum atomic E-state index is -4.28. The third kappa shape index (κ3) is 4.50. The zero-order valence-corrected chi connectivity index (χ0v) is 13.3. The number of hydrogen-bond donors (Lipinski definition) is 2. The summed E-state index contributed by atoms with van der Waals surface area (Å²) in [6.07, 6.45) is 0. The SMILES string of the molecule is COC(=O)c1cc(C(=O)OC)cc(S(=O)(=O)NC(C)C(=O)O)c1. The molecule has 0 fully saturated rings. The van der Waals surface area contributed by atoms with Crippen LogP contribution in [0.1, 0.15) is 27.6 Å². The van der Waals surface area contributed by atoms with Gasteiger partial charge in [-0.05, 0) is 25.1 Å². The van der Waals surface area contributed by atoms with Crippen LogP contribution in [0.15, 0.2) is 23.1 Å². The Morgan fingerprint density at radius 3 is 1.83 bits per heavy atom. The molecule has 9 nitrogen and oxygen atoms in total. The predicted molar refractivity (Wildman–Crippen MR) is 76.5 cm³/mol. The quantitative estimate of drug-likeness (QED) is 0.688. The maximum absolute atomic E-state index is 12.2. The summed E-state index contributed by atoms with van der Waals surface area (Å²) < 4.78 is 35.3. The van der Waals surface area contributed by atoms with E-state index in [-0.39, 0.29) is 11.1 Å². The number of carboxylic acid groups (broad SMARTS) is 1. The maximum atomic E-state index is 12.2. The molecule has 1 aromatic carbocycles. The number of aliphatic carboxylic acids is 1. The largest absolute Gasteiger partial charge is 0.480 e. The third-order valence-electron chi connectivity index (χ3n) is 2.76. The number of rotatable bonds is 6. The van der Waals surface area contributed by atoms with Crippen LogP contribution in [0, 0.1) is 0 Å². The second-order valence-electron chi connectivity index (χ2n) is 4.41. The van der Waals surface area contributed by atoms with Crippen molar-refractivity contribution < 1.29 is 37.4 Å². The highest BCUT2D eigenvalue weighted by Gasteiger charge is 2.24. The standard InChI is InChI=1S/C13H15NO8S/c1-7(11(15)16)14-23(19,20)10-5-8(12(17)21-2)4-9(6-10)13(18)22-3/h4-7,14H,1-3H3,(H,15,16). The van der Waals surface area contributed by atoms with Gasteiger partial charge in [0.25, 0.3) is 0 Å². The molecule has 0 aliphatic carbocycles. The summed E-state index contributed by atoms with van der Waals surface area (Å²) in [7, 11) is -2.10. The molecule has 0 heterocycles. The summed E-state index contributed by atoms with van der Waals surface area (Å²) in [6.45, 7) is 1.13. The van der Waals surface area contributed by atoms with E-state index in [2.05, 4.69) is 9.47 Å². The Bertz CT molecular complexity index is 706. The minimum Gasteiger partial charge on any atom is -0.480 e. The summed E-state index contributed by atoms with van der Waals surface area (Å²) in [5, 5.41) is 8.78. The Hall–Kier alpha value is -2.46. The van der Waals surface area contributed by atoms with Gasteiger partial charge in [-0.25, -0.2) is 18.0 Å². The fourth-order valence-corrected chi connectivity index (χ4v) is 2.84. The summed E-state index contributed by atoms with van der Waals surface area (Å²) in [5.74, 6) is -3.11. The first-order valence-corrected chi connectivity index (χ1v) is 7.67. The summed E-state index contributed by atoms with van der Waals surface area (Å²) in [5.41, 5.74) is -0.391. The van der Waals surface area contributed by atoms with Gasteiger partial charge in [-0.2, -0.15) is 4.72 Å². The number of sulfonamides is 1. The highest BCUT2D eigenvalue weighted by atomic mass is 32.2. The second-order valence-corrected chi connectivity index (χ2v) is 6.12. The van der Waals surface area contributed by atoms with Gasteiger partial charge in [-0.3, -0.25) is 4.79 Å². The molecular formula is C13H15NO8S. The molecule has 1 unspecified atom stereocenters. The highest BCUT2D eigenvalue weighted by Crippen LogP contribution is 2.17. The second kappa shape index (κ2) is 7.20. The van der Waals surface area contributed by atoms with Crippen molar-refractivity contribution >= 4 is 27.9 Å². The molecule has 0 saturated carbocycles. The van der Waals surface area contributed by atoms with E-state index < -0.39 is 38.9 Å². The Morgan fingerprint density at radius 1 is 1.04 bits per heavy atom. The van der Waals surface area contributed by atoms with Gasteiger partial charge < -0.3 is 14.6 Å². The zero-order valence-electron chi connectivity index (χ0n) is 12.5. The van der Waals surface area contributed by atoms with E-state index in [1.165, 1.54) is 0 Å². The van der Waals surface area contributed by atoms with Crippen molar-refractivity contribution in [2.24, 2.45) is 0 Å². The number of ether oxygens (including phenoxy) is 2. The van der Waals surface area contributed by atoms with Gasteiger partial charge in [0.15, 0.2) is 0 Å². The van der Waals surface area contributed by atoms with Gasteiger partial charge in [0, 0.05) is 0 Å². The van der Waals surface area contributed by atoms with Gasteiger partial charge in [0.1, 0.15) is 6.04 Å². The Balaban J connectivity index is 3.42. The number of esters is 2. The Kier molecular flexibility index (Phi) is 5.82. The van der Waals surface area contributed by atoms with E-state index in [1.807, 2.05) is 4.72 Å². The number of nitrogens with one attached hydrogen (secondary N) is 1. The Morgan fingerprint density at radius 2 is 1.48 bits per heavy atom. The number of benzene rings is 1. The average Bonchev–Trinajstić information content (AvgIpc) is 2.52. The van der Waals surface area contributed by atoms with Crippen LogP contribution in [-0.2, 0) is 24.3 Å². The van der Waals surface area contributed by atoms with Crippen molar-refractivity contribution in [3.05, 3.63) is 29.3 Å². The number of carboxylic acids is 1. The molecule has 2 N–H and O–H groups in total. The molecular weight excluding hydrogens is 330 g/mol. The fraction of sp³-hybridized carbons (Fsp3) is 0.308.